The van der Waals surface area contributed by atoms with Gasteiger partial charge in [0.05, 0.1) is 5.92 Å². The number of hydrogen-bond donors (Lipinski definition) is 2. The molecular formula is C15H32N2O2. The van der Waals surface area contributed by atoms with E-state index < -0.39 is 6.23 Å². The fourth-order valence-corrected chi connectivity index (χ4v) is 2.56. The van der Waals surface area contributed by atoms with Crippen molar-refractivity contribution >= 4 is 5.91 Å². The second kappa shape index (κ2) is 9.32. The number of nitrogens with zero attached hydrogens (tertiary/aromatic N) is 1. The summed E-state index contributed by atoms with van der Waals surface area (Å²) in [5, 5.41) is 13.4. The van der Waals surface area contributed by atoms with Crippen molar-refractivity contribution in [2.24, 2.45) is 5.92 Å². The standard InChI is InChI=1S/C15H32N2O2/c1-7-9-10-13(14(18)16-8-2)15(19)17(11(3)4)12(5)6/h11-13,15,19H,7-10H2,1-6H3,(H,16,18). The number of hydrogen-bond acceptors (Lipinski definition) is 3. The van der Waals surface area contributed by atoms with E-state index in [1.54, 1.807) is 0 Å². The van der Waals surface area contributed by atoms with Crippen LogP contribution in [0.4, 0.5) is 0 Å². The van der Waals surface area contributed by atoms with E-state index in [4.69, 9.17) is 0 Å². The van der Waals surface area contributed by atoms with Crippen molar-refractivity contribution in [2.75, 3.05) is 6.54 Å². The van der Waals surface area contributed by atoms with Gasteiger partial charge < -0.3 is 10.4 Å². The predicted octanol–water partition coefficient (Wildman–Crippen LogP) is 2.37. The Labute approximate surface area is 118 Å². The van der Waals surface area contributed by atoms with Crippen LogP contribution in [-0.2, 0) is 4.79 Å². The summed E-state index contributed by atoms with van der Waals surface area (Å²) in [4.78, 5) is 14.2. The molecule has 0 heterocycles. The fraction of sp³-hybridized carbons (Fsp3) is 0.933. The maximum absolute atomic E-state index is 12.1. The molecule has 0 aromatic heterocycles. The SMILES string of the molecule is CCCCC(C(=O)NCC)C(O)N(C(C)C)C(C)C. The number of nitrogens with one attached hydrogen (secondary N) is 1. The molecule has 0 spiro atoms. The quantitative estimate of drug-likeness (QED) is 0.634. The highest BCUT2D eigenvalue weighted by molar-refractivity contribution is 5.79. The summed E-state index contributed by atoms with van der Waals surface area (Å²) >= 11 is 0. The summed E-state index contributed by atoms with van der Waals surface area (Å²) in [6.45, 7) is 12.8. The molecule has 0 aromatic carbocycles. The lowest BCUT2D eigenvalue weighted by Gasteiger charge is -2.38. The Bertz CT molecular complexity index is 247. The van der Waals surface area contributed by atoms with E-state index in [9.17, 15) is 9.90 Å². The van der Waals surface area contributed by atoms with Crippen molar-refractivity contribution in [3.63, 3.8) is 0 Å². The van der Waals surface area contributed by atoms with Gasteiger partial charge in [0.1, 0.15) is 6.23 Å². The summed E-state index contributed by atoms with van der Waals surface area (Å²) in [5.41, 5.74) is 0. The fourth-order valence-electron chi connectivity index (χ4n) is 2.56. The van der Waals surface area contributed by atoms with Crippen molar-refractivity contribution < 1.29 is 9.90 Å². The van der Waals surface area contributed by atoms with Crippen LogP contribution < -0.4 is 5.32 Å². The first-order chi connectivity index (χ1) is 8.86. The largest absolute Gasteiger partial charge is 0.378 e. The normalized spacial score (nSPS) is 15.1. The molecule has 0 radical (unpaired) electrons. The van der Waals surface area contributed by atoms with Crippen LogP contribution in [0.15, 0.2) is 0 Å². The molecule has 0 bridgehead atoms. The number of carbonyl (C=O) groups excluding carboxylic acids is 1. The zero-order valence-corrected chi connectivity index (χ0v) is 13.4. The van der Waals surface area contributed by atoms with Crippen LogP contribution >= 0.6 is 0 Å². The van der Waals surface area contributed by atoms with Gasteiger partial charge in [0.25, 0.3) is 0 Å². The Morgan fingerprint density at radius 1 is 1.16 bits per heavy atom. The first kappa shape index (κ1) is 18.4. The number of rotatable bonds is 9. The predicted molar refractivity (Wildman–Crippen MR) is 79.8 cm³/mol. The maximum atomic E-state index is 12.1. The zero-order chi connectivity index (χ0) is 15.0. The lowest BCUT2D eigenvalue weighted by Crippen LogP contribution is -2.52. The molecule has 2 unspecified atom stereocenters. The molecule has 19 heavy (non-hydrogen) atoms. The lowest BCUT2D eigenvalue weighted by atomic mass is 9.96. The molecule has 0 fully saturated rings. The molecule has 0 aliphatic carbocycles. The van der Waals surface area contributed by atoms with Gasteiger partial charge in [0.15, 0.2) is 0 Å². The number of amides is 1. The third-order valence-electron chi connectivity index (χ3n) is 3.41. The van der Waals surface area contributed by atoms with Crippen LogP contribution in [0.5, 0.6) is 0 Å². The zero-order valence-electron chi connectivity index (χ0n) is 13.4. The molecule has 0 aliphatic heterocycles. The molecule has 0 saturated heterocycles. The van der Waals surface area contributed by atoms with Crippen molar-refractivity contribution in [1.29, 1.82) is 0 Å². The van der Waals surface area contributed by atoms with Gasteiger partial charge >= 0.3 is 0 Å². The minimum absolute atomic E-state index is 0.0326. The molecule has 4 heteroatoms. The smallest absolute Gasteiger partial charge is 0.227 e. The Kier molecular flexibility index (Phi) is 9.02. The molecule has 1 amide bonds. The minimum atomic E-state index is -0.710. The average Bonchev–Trinajstić information content (AvgIpc) is 2.28. The summed E-state index contributed by atoms with van der Waals surface area (Å²) in [7, 11) is 0. The molecule has 0 saturated carbocycles. The molecule has 4 nitrogen and oxygen atoms in total. The van der Waals surface area contributed by atoms with Crippen molar-refractivity contribution in [3.8, 4) is 0 Å². The van der Waals surface area contributed by atoms with Crippen LogP contribution in [0.25, 0.3) is 0 Å². The van der Waals surface area contributed by atoms with Gasteiger partial charge in [0, 0.05) is 18.6 Å². The third-order valence-corrected chi connectivity index (χ3v) is 3.41. The number of unbranched alkanes of at least 4 members (excludes halogenated alkanes) is 1. The van der Waals surface area contributed by atoms with E-state index in [0.29, 0.717) is 6.54 Å². The highest BCUT2D eigenvalue weighted by Gasteiger charge is 2.33. The molecular weight excluding hydrogens is 240 g/mol. The Hall–Kier alpha value is -0.610. The van der Waals surface area contributed by atoms with Crippen LogP contribution in [-0.4, -0.2) is 40.8 Å². The van der Waals surface area contributed by atoms with Gasteiger partial charge in [-0.25, -0.2) is 0 Å². The number of aliphatic hydroxyl groups excluding tert-OH is 1. The average molecular weight is 272 g/mol. The molecule has 0 aromatic rings. The van der Waals surface area contributed by atoms with E-state index in [2.05, 4.69) is 39.9 Å². The summed E-state index contributed by atoms with van der Waals surface area (Å²) in [6.07, 6.45) is 2.02. The molecule has 114 valence electrons. The Balaban J connectivity index is 4.94. The van der Waals surface area contributed by atoms with E-state index in [-0.39, 0.29) is 23.9 Å². The topological polar surface area (TPSA) is 52.6 Å². The highest BCUT2D eigenvalue weighted by Crippen LogP contribution is 2.21. The van der Waals surface area contributed by atoms with E-state index in [0.717, 1.165) is 19.3 Å². The maximum Gasteiger partial charge on any atom is 0.227 e. The molecule has 0 rings (SSSR count). The first-order valence-electron chi connectivity index (χ1n) is 7.59. The lowest BCUT2D eigenvalue weighted by molar-refractivity contribution is -0.139. The van der Waals surface area contributed by atoms with Gasteiger partial charge in [-0.15, -0.1) is 0 Å². The highest BCUT2D eigenvalue weighted by atomic mass is 16.3. The third kappa shape index (κ3) is 5.91. The molecule has 2 atom stereocenters. The van der Waals surface area contributed by atoms with Crippen LogP contribution in [0.2, 0.25) is 0 Å². The van der Waals surface area contributed by atoms with Gasteiger partial charge in [0.2, 0.25) is 5.91 Å². The number of carbonyl (C=O) groups is 1. The van der Waals surface area contributed by atoms with Gasteiger partial charge in [-0.05, 0) is 41.0 Å². The summed E-state index contributed by atoms with van der Waals surface area (Å²) in [5.74, 6) is -0.376. The monoisotopic (exact) mass is 272 g/mol. The van der Waals surface area contributed by atoms with E-state index in [1.807, 2.05) is 11.8 Å². The van der Waals surface area contributed by atoms with Gasteiger partial charge in [-0.3, -0.25) is 9.69 Å². The number of aliphatic hydroxyl groups is 1. The molecule has 0 aliphatic rings. The van der Waals surface area contributed by atoms with Gasteiger partial charge in [-0.2, -0.15) is 0 Å². The van der Waals surface area contributed by atoms with Crippen molar-refractivity contribution in [2.45, 2.75) is 79.1 Å². The van der Waals surface area contributed by atoms with Crippen molar-refractivity contribution in [3.05, 3.63) is 0 Å². The molecule has 2 N–H and O–H groups in total. The van der Waals surface area contributed by atoms with E-state index >= 15 is 0 Å². The summed E-state index contributed by atoms with van der Waals surface area (Å²) < 4.78 is 0. The van der Waals surface area contributed by atoms with Crippen LogP contribution in [0.3, 0.4) is 0 Å². The first-order valence-corrected chi connectivity index (χ1v) is 7.59. The van der Waals surface area contributed by atoms with E-state index in [1.165, 1.54) is 0 Å². The van der Waals surface area contributed by atoms with Crippen LogP contribution in [0, 0.1) is 5.92 Å². The second-order valence-electron chi connectivity index (χ2n) is 5.69. The minimum Gasteiger partial charge on any atom is -0.378 e. The summed E-state index contributed by atoms with van der Waals surface area (Å²) in [6, 6.07) is 0.433. The Morgan fingerprint density at radius 3 is 2.05 bits per heavy atom. The van der Waals surface area contributed by atoms with Crippen molar-refractivity contribution in [1.82, 2.24) is 10.2 Å². The van der Waals surface area contributed by atoms with Crippen LogP contribution in [0.1, 0.15) is 60.8 Å². The Morgan fingerprint density at radius 2 is 1.68 bits per heavy atom. The van der Waals surface area contributed by atoms with Gasteiger partial charge in [-0.1, -0.05) is 19.8 Å². The second-order valence-corrected chi connectivity index (χ2v) is 5.69.